The molecule has 10 heteroatoms. The monoisotopic (exact) mass is 358 g/mol. The van der Waals surface area contributed by atoms with Gasteiger partial charge < -0.3 is 0 Å². The van der Waals surface area contributed by atoms with Crippen LogP contribution in [0.15, 0.2) is 28.6 Å². The van der Waals surface area contributed by atoms with E-state index < -0.39 is 21.7 Å². The minimum atomic E-state index is -3.71. The smallest absolute Gasteiger partial charge is 0.272 e. The Bertz CT molecular complexity index is 786. The summed E-state index contributed by atoms with van der Waals surface area (Å²) in [4.78, 5) is 12.0. The molecule has 0 bridgehead atoms. The van der Waals surface area contributed by atoms with Gasteiger partial charge in [0.25, 0.3) is 15.9 Å². The summed E-state index contributed by atoms with van der Waals surface area (Å²) < 4.78 is 38.5. The molecule has 0 atom stereocenters. The SMILES string of the molecule is CCN(CC)S(=O)(=O)c1nnc(NC(=O)c2ccc(F)cc2)s1. The van der Waals surface area contributed by atoms with Crippen LogP contribution in [0, 0.1) is 5.82 Å². The summed E-state index contributed by atoms with van der Waals surface area (Å²) in [6.45, 7) is 4.07. The normalized spacial score (nSPS) is 11.7. The van der Waals surface area contributed by atoms with E-state index in [1.165, 1.54) is 16.4 Å². The molecule has 23 heavy (non-hydrogen) atoms. The predicted octanol–water partition coefficient (Wildman–Crippen LogP) is 1.96. The van der Waals surface area contributed by atoms with Crippen LogP contribution in [0.2, 0.25) is 0 Å². The van der Waals surface area contributed by atoms with E-state index in [2.05, 4.69) is 15.5 Å². The van der Waals surface area contributed by atoms with E-state index in [4.69, 9.17) is 0 Å². The maximum atomic E-state index is 12.8. The first kappa shape index (κ1) is 17.4. The molecule has 0 aliphatic rings. The molecular formula is C13H15FN4O3S2. The Morgan fingerprint density at radius 1 is 1.22 bits per heavy atom. The predicted molar refractivity (Wildman–Crippen MR) is 84.4 cm³/mol. The summed E-state index contributed by atoms with van der Waals surface area (Å²) >= 11 is 0.767. The van der Waals surface area contributed by atoms with Gasteiger partial charge in [-0.15, -0.1) is 10.2 Å². The van der Waals surface area contributed by atoms with Crippen molar-refractivity contribution in [3.63, 3.8) is 0 Å². The second-order valence-electron chi connectivity index (χ2n) is 4.42. The van der Waals surface area contributed by atoms with Crippen LogP contribution in [-0.2, 0) is 10.0 Å². The van der Waals surface area contributed by atoms with Gasteiger partial charge >= 0.3 is 0 Å². The molecular weight excluding hydrogens is 343 g/mol. The number of nitrogens with one attached hydrogen (secondary N) is 1. The molecule has 0 unspecified atom stereocenters. The van der Waals surface area contributed by atoms with Gasteiger partial charge in [0.2, 0.25) is 9.47 Å². The Kier molecular flexibility index (Phi) is 5.39. The lowest BCUT2D eigenvalue weighted by atomic mass is 10.2. The molecule has 1 aromatic heterocycles. The van der Waals surface area contributed by atoms with Gasteiger partial charge in [0.15, 0.2) is 0 Å². The van der Waals surface area contributed by atoms with Crippen LogP contribution in [0.5, 0.6) is 0 Å². The van der Waals surface area contributed by atoms with Crippen LogP contribution in [0.25, 0.3) is 0 Å². The Balaban J connectivity index is 2.16. The number of carbonyl (C=O) groups is 1. The van der Waals surface area contributed by atoms with Crippen LogP contribution >= 0.6 is 11.3 Å². The Morgan fingerprint density at radius 3 is 2.39 bits per heavy atom. The van der Waals surface area contributed by atoms with E-state index in [9.17, 15) is 17.6 Å². The number of nitrogens with zero attached hydrogens (tertiary/aromatic N) is 3. The van der Waals surface area contributed by atoms with Crippen molar-refractivity contribution < 1.29 is 17.6 Å². The molecule has 0 fully saturated rings. The number of benzene rings is 1. The number of hydrogen-bond donors (Lipinski definition) is 1. The Hall–Kier alpha value is -1.91. The maximum Gasteiger partial charge on any atom is 0.272 e. The van der Waals surface area contributed by atoms with E-state index in [1.54, 1.807) is 13.8 Å². The van der Waals surface area contributed by atoms with Crippen molar-refractivity contribution in [3.05, 3.63) is 35.6 Å². The molecule has 1 aromatic carbocycles. The lowest BCUT2D eigenvalue weighted by Gasteiger charge is -2.15. The second-order valence-corrected chi connectivity index (χ2v) is 7.51. The van der Waals surface area contributed by atoms with Gasteiger partial charge in [-0.05, 0) is 24.3 Å². The first-order chi connectivity index (χ1) is 10.9. The standard InChI is InChI=1S/C13H15FN4O3S2/c1-3-18(4-2)23(20,21)13-17-16-12(22-13)15-11(19)9-5-7-10(14)8-6-9/h5-8H,3-4H2,1-2H3,(H,15,16,19). The average Bonchev–Trinajstić information content (AvgIpc) is 2.98. The van der Waals surface area contributed by atoms with E-state index in [1.807, 2.05) is 0 Å². The molecule has 1 heterocycles. The zero-order chi connectivity index (χ0) is 17.0. The molecule has 0 saturated heterocycles. The largest absolute Gasteiger partial charge is 0.296 e. The van der Waals surface area contributed by atoms with Crippen molar-refractivity contribution in [2.24, 2.45) is 0 Å². The fourth-order valence-electron chi connectivity index (χ4n) is 1.81. The first-order valence-electron chi connectivity index (χ1n) is 6.79. The Morgan fingerprint density at radius 2 is 1.83 bits per heavy atom. The molecule has 1 amide bonds. The minimum Gasteiger partial charge on any atom is -0.296 e. The van der Waals surface area contributed by atoms with Gasteiger partial charge in [0.05, 0.1) is 0 Å². The highest BCUT2D eigenvalue weighted by atomic mass is 32.2. The molecule has 0 aliphatic heterocycles. The van der Waals surface area contributed by atoms with Crippen molar-refractivity contribution >= 4 is 32.4 Å². The molecule has 0 radical (unpaired) electrons. The summed E-state index contributed by atoms with van der Waals surface area (Å²) in [5.41, 5.74) is 0.231. The molecule has 1 N–H and O–H groups in total. The zero-order valence-corrected chi connectivity index (χ0v) is 14.1. The number of halogens is 1. The highest BCUT2D eigenvalue weighted by molar-refractivity contribution is 7.91. The fourth-order valence-corrected chi connectivity index (χ4v) is 4.30. The summed E-state index contributed by atoms with van der Waals surface area (Å²) in [5.74, 6) is -0.974. The van der Waals surface area contributed by atoms with Crippen molar-refractivity contribution in [2.45, 2.75) is 18.2 Å². The van der Waals surface area contributed by atoms with Crippen LogP contribution < -0.4 is 5.32 Å². The van der Waals surface area contributed by atoms with E-state index in [0.29, 0.717) is 13.1 Å². The average molecular weight is 358 g/mol. The molecule has 0 spiro atoms. The van der Waals surface area contributed by atoms with Crippen LogP contribution in [0.3, 0.4) is 0 Å². The summed E-state index contributed by atoms with van der Waals surface area (Å²) in [6, 6.07) is 4.95. The summed E-state index contributed by atoms with van der Waals surface area (Å²) in [5, 5.41) is 9.81. The number of carbonyl (C=O) groups excluding carboxylic acids is 1. The molecule has 124 valence electrons. The number of hydrogen-bond acceptors (Lipinski definition) is 6. The van der Waals surface area contributed by atoms with E-state index in [-0.39, 0.29) is 15.0 Å². The fraction of sp³-hybridized carbons (Fsp3) is 0.308. The molecule has 0 aliphatic carbocycles. The third kappa shape index (κ3) is 3.89. The highest BCUT2D eigenvalue weighted by Gasteiger charge is 2.26. The van der Waals surface area contributed by atoms with Gasteiger partial charge in [-0.1, -0.05) is 25.2 Å². The van der Waals surface area contributed by atoms with Gasteiger partial charge in [0.1, 0.15) is 5.82 Å². The van der Waals surface area contributed by atoms with Crippen molar-refractivity contribution in [1.82, 2.24) is 14.5 Å². The van der Waals surface area contributed by atoms with Gasteiger partial charge in [-0.3, -0.25) is 10.1 Å². The van der Waals surface area contributed by atoms with E-state index >= 15 is 0 Å². The summed E-state index contributed by atoms with van der Waals surface area (Å²) in [6.07, 6.45) is 0. The number of amides is 1. The van der Waals surface area contributed by atoms with Crippen molar-refractivity contribution in [2.75, 3.05) is 18.4 Å². The number of sulfonamides is 1. The minimum absolute atomic E-state index is 0.0602. The van der Waals surface area contributed by atoms with Crippen molar-refractivity contribution in [3.8, 4) is 0 Å². The zero-order valence-electron chi connectivity index (χ0n) is 12.5. The lowest BCUT2D eigenvalue weighted by Crippen LogP contribution is -2.30. The molecule has 7 nitrogen and oxygen atoms in total. The third-order valence-corrected chi connectivity index (χ3v) is 6.23. The van der Waals surface area contributed by atoms with Crippen LogP contribution in [0.4, 0.5) is 9.52 Å². The van der Waals surface area contributed by atoms with E-state index in [0.717, 1.165) is 23.5 Å². The number of anilines is 1. The Labute approximate surface area is 137 Å². The number of rotatable bonds is 6. The number of aromatic nitrogens is 2. The quantitative estimate of drug-likeness (QED) is 0.797. The summed E-state index contributed by atoms with van der Waals surface area (Å²) in [7, 11) is -3.71. The third-order valence-electron chi connectivity index (χ3n) is 3.00. The first-order valence-corrected chi connectivity index (χ1v) is 9.04. The van der Waals surface area contributed by atoms with Gasteiger partial charge in [-0.25, -0.2) is 12.8 Å². The van der Waals surface area contributed by atoms with Crippen molar-refractivity contribution in [1.29, 1.82) is 0 Å². The van der Waals surface area contributed by atoms with Gasteiger partial charge in [-0.2, -0.15) is 4.31 Å². The molecule has 2 aromatic rings. The topological polar surface area (TPSA) is 92.3 Å². The van der Waals surface area contributed by atoms with Crippen LogP contribution in [-0.4, -0.2) is 41.9 Å². The molecule has 2 rings (SSSR count). The maximum absolute atomic E-state index is 12.8. The van der Waals surface area contributed by atoms with Gasteiger partial charge in [0, 0.05) is 18.7 Å². The molecule has 0 saturated carbocycles. The van der Waals surface area contributed by atoms with Crippen LogP contribution in [0.1, 0.15) is 24.2 Å². The lowest BCUT2D eigenvalue weighted by molar-refractivity contribution is 0.102. The highest BCUT2D eigenvalue weighted by Crippen LogP contribution is 2.23. The second kappa shape index (κ2) is 7.11.